The highest BCUT2D eigenvalue weighted by molar-refractivity contribution is 5.95. The molecule has 13 nitrogen and oxygen atoms in total. The molecule has 0 aliphatic carbocycles. The molecule has 0 rings (SSSR count). The minimum atomic E-state index is -1.59. The molecule has 0 spiro atoms. The Labute approximate surface area is 166 Å². The summed E-state index contributed by atoms with van der Waals surface area (Å²) in [5, 5.41) is 43.2. The van der Waals surface area contributed by atoms with Crippen molar-refractivity contribution in [3.05, 3.63) is 0 Å². The van der Waals surface area contributed by atoms with E-state index in [2.05, 4.69) is 10.6 Å². The van der Waals surface area contributed by atoms with Crippen LogP contribution in [0, 0.1) is 5.92 Å². The summed E-state index contributed by atoms with van der Waals surface area (Å²) in [5.74, 6) is -6.22. The van der Waals surface area contributed by atoms with Gasteiger partial charge in [0.05, 0.1) is 25.2 Å². The van der Waals surface area contributed by atoms with E-state index < -0.39 is 78.9 Å². The van der Waals surface area contributed by atoms with Crippen molar-refractivity contribution < 1.29 is 44.4 Å². The Kier molecular flexibility index (Phi) is 10.8. The van der Waals surface area contributed by atoms with Gasteiger partial charge in [-0.05, 0) is 12.8 Å². The number of aliphatic hydroxyl groups excluding tert-OH is 2. The van der Waals surface area contributed by atoms with Crippen LogP contribution in [0.2, 0.25) is 0 Å². The number of carboxylic acid groups (broad SMARTS) is 2. The average molecular weight is 420 g/mol. The first kappa shape index (κ1) is 26.2. The Morgan fingerprint density at radius 2 is 1.38 bits per heavy atom. The number of nitrogens with two attached hydrogens (primary N) is 1. The van der Waals surface area contributed by atoms with E-state index in [0.717, 1.165) is 0 Å². The van der Waals surface area contributed by atoms with Gasteiger partial charge in [-0.25, -0.2) is 4.79 Å². The van der Waals surface area contributed by atoms with Crippen LogP contribution in [-0.2, 0) is 24.0 Å². The molecular formula is C16H28N4O9. The summed E-state index contributed by atoms with van der Waals surface area (Å²) in [5.41, 5.74) is 5.36. The monoisotopic (exact) mass is 420 g/mol. The van der Waals surface area contributed by atoms with Gasteiger partial charge in [-0.2, -0.15) is 0 Å². The first-order valence-corrected chi connectivity index (χ1v) is 8.72. The first-order chi connectivity index (χ1) is 13.3. The molecule has 0 heterocycles. The number of carbonyl (C=O) groups is 5. The molecule has 0 fully saturated rings. The lowest BCUT2D eigenvalue weighted by molar-refractivity contribution is -0.144. The van der Waals surface area contributed by atoms with Crippen LogP contribution >= 0.6 is 0 Å². The van der Waals surface area contributed by atoms with Gasteiger partial charge in [0.15, 0.2) is 0 Å². The van der Waals surface area contributed by atoms with Crippen molar-refractivity contribution in [2.24, 2.45) is 11.7 Å². The van der Waals surface area contributed by atoms with Crippen LogP contribution in [0.4, 0.5) is 0 Å². The molecule has 166 valence electrons. The third-order valence-corrected chi connectivity index (χ3v) is 3.84. The van der Waals surface area contributed by atoms with Gasteiger partial charge >= 0.3 is 11.9 Å². The number of hydrogen-bond acceptors (Lipinski definition) is 8. The van der Waals surface area contributed by atoms with Crippen LogP contribution in [-0.4, -0.2) is 87.0 Å². The summed E-state index contributed by atoms with van der Waals surface area (Å²) in [7, 11) is 0. The lowest BCUT2D eigenvalue weighted by atomic mass is 10.0. The zero-order valence-corrected chi connectivity index (χ0v) is 16.3. The Bertz CT molecular complexity index is 624. The van der Waals surface area contributed by atoms with Crippen LogP contribution in [0.15, 0.2) is 0 Å². The Morgan fingerprint density at radius 3 is 1.76 bits per heavy atom. The number of aliphatic carboxylic acids is 2. The summed E-state index contributed by atoms with van der Waals surface area (Å²) in [6.45, 7) is 3.36. The second-order valence-corrected chi connectivity index (χ2v) is 6.74. The molecule has 3 amide bonds. The second-order valence-electron chi connectivity index (χ2n) is 6.74. The highest BCUT2D eigenvalue weighted by atomic mass is 16.4. The fourth-order valence-corrected chi connectivity index (χ4v) is 2.17. The molecule has 0 radical (unpaired) electrons. The summed E-state index contributed by atoms with van der Waals surface area (Å²) in [4.78, 5) is 58.2. The van der Waals surface area contributed by atoms with Gasteiger partial charge in [0.2, 0.25) is 17.7 Å². The third-order valence-electron chi connectivity index (χ3n) is 3.84. The van der Waals surface area contributed by atoms with Crippen LogP contribution in [0.1, 0.15) is 27.2 Å². The number of carbonyl (C=O) groups excluding carboxylic acids is 3. The number of amides is 3. The standard InChI is InChI=1S/C16H28N4O9/c1-6(2)11(16(28)29)19-15(27)12(7(3)22)20-14(26)9(5-21)18-13(25)8(17)4-10(23)24/h6-9,11-12,21-22H,4-5,17H2,1-3H3,(H,18,25)(H,19,27)(H,20,26)(H,23,24)(H,28,29). The maximum absolute atomic E-state index is 12.3. The van der Waals surface area contributed by atoms with Crippen LogP contribution in [0.5, 0.6) is 0 Å². The number of nitrogens with one attached hydrogen (secondary N) is 3. The van der Waals surface area contributed by atoms with E-state index in [1.165, 1.54) is 6.92 Å². The Balaban J connectivity index is 5.18. The normalized spacial score (nSPS) is 16.1. The first-order valence-electron chi connectivity index (χ1n) is 8.72. The quantitative estimate of drug-likeness (QED) is 0.154. The van der Waals surface area contributed by atoms with Gasteiger partial charge in [-0.3, -0.25) is 19.2 Å². The van der Waals surface area contributed by atoms with Gasteiger partial charge in [0, 0.05) is 0 Å². The number of carboxylic acids is 2. The highest BCUT2D eigenvalue weighted by Crippen LogP contribution is 2.04. The van der Waals surface area contributed by atoms with E-state index in [1.54, 1.807) is 13.8 Å². The van der Waals surface area contributed by atoms with Gasteiger partial charge in [-0.15, -0.1) is 0 Å². The maximum Gasteiger partial charge on any atom is 0.326 e. The fraction of sp³-hybridized carbons (Fsp3) is 0.688. The van der Waals surface area contributed by atoms with Gasteiger partial charge in [0.1, 0.15) is 18.1 Å². The number of hydrogen-bond donors (Lipinski definition) is 8. The smallest absolute Gasteiger partial charge is 0.326 e. The molecule has 0 aliphatic heterocycles. The average Bonchev–Trinajstić information content (AvgIpc) is 2.59. The molecule has 13 heteroatoms. The molecule has 0 saturated heterocycles. The summed E-state index contributed by atoms with van der Waals surface area (Å²) in [6, 6.07) is -5.92. The van der Waals surface area contributed by atoms with E-state index in [1.807, 2.05) is 5.32 Å². The van der Waals surface area contributed by atoms with Crippen molar-refractivity contribution in [2.75, 3.05) is 6.61 Å². The third kappa shape index (κ3) is 8.85. The van der Waals surface area contributed by atoms with E-state index in [-0.39, 0.29) is 0 Å². The van der Waals surface area contributed by atoms with E-state index in [0.29, 0.717) is 0 Å². The lowest BCUT2D eigenvalue weighted by Gasteiger charge is -2.26. The largest absolute Gasteiger partial charge is 0.481 e. The van der Waals surface area contributed by atoms with Gasteiger partial charge < -0.3 is 42.1 Å². The predicted octanol–water partition coefficient (Wildman–Crippen LogP) is -3.64. The van der Waals surface area contributed by atoms with Crippen molar-refractivity contribution >= 4 is 29.7 Å². The molecule has 5 unspecified atom stereocenters. The second kappa shape index (κ2) is 11.9. The van der Waals surface area contributed by atoms with Crippen molar-refractivity contribution in [1.82, 2.24) is 16.0 Å². The van der Waals surface area contributed by atoms with Crippen molar-refractivity contribution in [1.29, 1.82) is 0 Å². The minimum absolute atomic E-state index is 0.484. The summed E-state index contributed by atoms with van der Waals surface area (Å²) >= 11 is 0. The molecule has 29 heavy (non-hydrogen) atoms. The van der Waals surface area contributed by atoms with E-state index in [4.69, 9.17) is 15.9 Å². The maximum atomic E-state index is 12.3. The van der Waals surface area contributed by atoms with Crippen LogP contribution in [0.25, 0.3) is 0 Å². The molecule has 0 bridgehead atoms. The zero-order chi connectivity index (χ0) is 22.9. The molecule has 5 atom stereocenters. The van der Waals surface area contributed by atoms with Gasteiger partial charge in [0.25, 0.3) is 0 Å². The lowest BCUT2D eigenvalue weighted by Crippen LogP contribution is -2.61. The van der Waals surface area contributed by atoms with Crippen LogP contribution < -0.4 is 21.7 Å². The summed E-state index contributed by atoms with van der Waals surface area (Å²) < 4.78 is 0. The predicted molar refractivity (Wildman–Crippen MR) is 97.3 cm³/mol. The van der Waals surface area contributed by atoms with E-state index >= 15 is 0 Å². The fourth-order valence-electron chi connectivity index (χ4n) is 2.17. The number of aliphatic hydroxyl groups is 2. The topological polar surface area (TPSA) is 228 Å². The molecule has 0 aliphatic rings. The molecule has 9 N–H and O–H groups in total. The van der Waals surface area contributed by atoms with Crippen molar-refractivity contribution in [3.63, 3.8) is 0 Å². The molecule has 0 aromatic rings. The molecule has 0 aromatic carbocycles. The minimum Gasteiger partial charge on any atom is -0.481 e. The number of rotatable bonds is 12. The van der Waals surface area contributed by atoms with Crippen molar-refractivity contribution in [2.45, 2.75) is 57.5 Å². The zero-order valence-electron chi connectivity index (χ0n) is 16.3. The SMILES string of the molecule is CC(C)C(NC(=O)C(NC(=O)C(CO)NC(=O)C(N)CC(=O)O)C(C)O)C(=O)O. The Hall–Kier alpha value is -2.77. The van der Waals surface area contributed by atoms with Crippen molar-refractivity contribution in [3.8, 4) is 0 Å². The molecule has 0 saturated carbocycles. The van der Waals surface area contributed by atoms with Gasteiger partial charge in [-0.1, -0.05) is 13.8 Å². The molecule has 0 aromatic heterocycles. The summed E-state index contributed by atoms with van der Waals surface area (Å²) in [6.07, 6.45) is -2.15. The van der Waals surface area contributed by atoms with E-state index in [9.17, 15) is 34.2 Å². The molecular weight excluding hydrogens is 392 g/mol. The van der Waals surface area contributed by atoms with Crippen LogP contribution in [0.3, 0.4) is 0 Å². The highest BCUT2D eigenvalue weighted by Gasteiger charge is 2.33. The Morgan fingerprint density at radius 1 is 0.862 bits per heavy atom.